The molecule has 1 saturated heterocycles. The highest BCUT2D eigenvalue weighted by atomic mass is 32.2. The van der Waals surface area contributed by atoms with E-state index in [1.807, 2.05) is 24.5 Å². The van der Waals surface area contributed by atoms with Crippen molar-refractivity contribution < 1.29 is 14.5 Å². The van der Waals surface area contributed by atoms with Gasteiger partial charge in [-0.1, -0.05) is 17.4 Å². The molecule has 0 radical (unpaired) electrons. The van der Waals surface area contributed by atoms with Crippen LogP contribution in [0.4, 0.5) is 10.8 Å². The maximum atomic E-state index is 13.4. The van der Waals surface area contributed by atoms with E-state index in [0.717, 1.165) is 28.2 Å². The van der Waals surface area contributed by atoms with Crippen LogP contribution in [0.1, 0.15) is 10.4 Å². The molecule has 0 bridgehead atoms. The van der Waals surface area contributed by atoms with Gasteiger partial charge in [0, 0.05) is 48.8 Å². The average molecular weight is 459 g/mol. The molecule has 162 valence electrons. The number of aromatic nitrogens is 1. The number of morpholine rings is 1. The van der Waals surface area contributed by atoms with Gasteiger partial charge in [-0.05, 0) is 30.5 Å². The number of non-ortho nitro benzene ring substituents is 1. The van der Waals surface area contributed by atoms with Crippen LogP contribution < -0.4 is 4.90 Å². The van der Waals surface area contributed by atoms with Crippen LogP contribution in [0.15, 0.2) is 47.4 Å². The van der Waals surface area contributed by atoms with Crippen molar-refractivity contribution in [2.75, 3.05) is 50.5 Å². The largest absolute Gasteiger partial charge is 0.379 e. The molecule has 0 unspecified atom stereocenters. The highest BCUT2D eigenvalue weighted by molar-refractivity contribution is 7.98. The van der Waals surface area contributed by atoms with Gasteiger partial charge in [0.1, 0.15) is 0 Å². The number of hydrogen-bond acceptors (Lipinski definition) is 8. The molecular weight excluding hydrogens is 436 g/mol. The molecule has 1 fully saturated rings. The van der Waals surface area contributed by atoms with Crippen molar-refractivity contribution in [3.63, 3.8) is 0 Å². The molecule has 0 N–H and O–H groups in total. The summed E-state index contributed by atoms with van der Waals surface area (Å²) in [5, 5.41) is 11.6. The smallest absolute Gasteiger partial charge is 0.269 e. The summed E-state index contributed by atoms with van der Waals surface area (Å²) in [6.07, 6.45) is 2.01. The number of nitrogens with zero attached hydrogens (tertiary/aromatic N) is 4. The van der Waals surface area contributed by atoms with Crippen molar-refractivity contribution in [3.05, 3.63) is 58.1 Å². The number of anilines is 1. The number of thiazole rings is 1. The third kappa shape index (κ3) is 4.87. The number of amides is 1. The van der Waals surface area contributed by atoms with E-state index >= 15 is 0 Å². The number of benzene rings is 2. The molecular formula is C21H22N4O4S2. The Morgan fingerprint density at radius 2 is 2.00 bits per heavy atom. The normalized spacial score (nSPS) is 14.6. The zero-order chi connectivity index (χ0) is 21.8. The molecule has 4 rings (SSSR count). The summed E-state index contributed by atoms with van der Waals surface area (Å²) in [5.74, 6) is -0.215. The van der Waals surface area contributed by atoms with E-state index in [4.69, 9.17) is 9.72 Å². The lowest BCUT2D eigenvalue weighted by molar-refractivity contribution is -0.384. The molecule has 3 aromatic rings. The minimum Gasteiger partial charge on any atom is -0.379 e. The van der Waals surface area contributed by atoms with E-state index in [9.17, 15) is 14.9 Å². The van der Waals surface area contributed by atoms with Crippen LogP contribution in [0.2, 0.25) is 0 Å². The van der Waals surface area contributed by atoms with Crippen molar-refractivity contribution in [2.24, 2.45) is 0 Å². The molecule has 0 aliphatic carbocycles. The predicted octanol–water partition coefficient (Wildman–Crippen LogP) is 3.91. The first-order valence-corrected chi connectivity index (χ1v) is 11.9. The second-order valence-corrected chi connectivity index (χ2v) is 8.88. The first kappa shape index (κ1) is 21.7. The maximum Gasteiger partial charge on any atom is 0.269 e. The summed E-state index contributed by atoms with van der Waals surface area (Å²) in [5.41, 5.74) is 1.25. The lowest BCUT2D eigenvalue weighted by Gasteiger charge is -2.29. The molecule has 8 nitrogen and oxygen atoms in total. The van der Waals surface area contributed by atoms with Crippen LogP contribution in [0.25, 0.3) is 10.2 Å². The third-order valence-electron chi connectivity index (χ3n) is 5.14. The number of nitro groups is 1. The maximum absolute atomic E-state index is 13.4. The van der Waals surface area contributed by atoms with Crippen molar-refractivity contribution in [3.8, 4) is 0 Å². The van der Waals surface area contributed by atoms with Crippen LogP contribution in [-0.4, -0.2) is 66.4 Å². The van der Waals surface area contributed by atoms with Gasteiger partial charge in [0.25, 0.3) is 11.6 Å². The molecule has 0 spiro atoms. The van der Waals surface area contributed by atoms with Crippen LogP contribution in [-0.2, 0) is 4.74 Å². The van der Waals surface area contributed by atoms with Gasteiger partial charge in [-0.25, -0.2) is 4.98 Å². The number of ether oxygens (including phenoxy) is 1. The molecule has 2 aromatic carbocycles. The summed E-state index contributed by atoms with van der Waals surface area (Å²) >= 11 is 3.11. The quantitative estimate of drug-likeness (QED) is 0.301. The Balaban J connectivity index is 1.65. The predicted molar refractivity (Wildman–Crippen MR) is 123 cm³/mol. The standard InChI is InChI=1S/C21H22N4O4S2/c1-30-17-3-2-4-18-19(17)22-21(31-18)24(10-9-23-11-13-29-14-12-23)20(26)15-5-7-16(8-6-15)25(27)28/h2-8H,9-14H2,1H3. The van der Waals surface area contributed by atoms with E-state index < -0.39 is 4.92 Å². The zero-order valence-corrected chi connectivity index (χ0v) is 18.7. The van der Waals surface area contributed by atoms with Gasteiger partial charge in [0.15, 0.2) is 5.13 Å². The Morgan fingerprint density at radius 1 is 1.26 bits per heavy atom. The van der Waals surface area contributed by atoms with Gasteiger partial charge in [-0.15, -0.1) is 11.8 Å². The second-order valence-electron chi connectivity index (χ2n) is 7.02. The monoisotopic (exact) mass is 458 g/mol. The van der Waals surface area contributed by atoms with E-state index in [2.05, 4.69) is 4.90 Å². The highest BCUT2D eigenvalue weighted by Crippen LogP contribution is 2.34. The van der Waals surface area contributed by atoms with Crippen LogP contribution in [0.5, 0.6) is 0 Å². The van der Waals surface area contributed by atoms with Gasteiger partial charge >= 0.3 is 0 Å². The lowest BCUT2D eigenvalue weighted by atomic mass is 10.2. The van der Waals surface area contributed by atoms with Crippen molar-refractivity contribution in [1.29, 1.82) is 0 Å². The van der Waals surface area contributed by atoms with Gasteiger partial charge in [-0.3, -0.25) is 24.7 Å². The van der Waals surface area contributed by atoms with E-state index in [1.54, 1.807) is 16.7 Å². The number of thioether (sulfide) groups is 1. The summed E-state index contributed by atoms with van der Waals surface area (Å²) < 4.78 is 6.44. The number of fused-ring (bicyclic) bond motifs is 1. The fourth-order valence-corrected chi connectivity index (χ4v) is 5.07. The molecule has 1 amide bonds. The topological polar surface area (TPSA) is 88.8 Å². The third-order valence-corrected chi connectivity index (χ3v) is 6.95. The Bertz CT molecular complexity index is 1080. The van der Waals surface area contributed by atoms with E-state index in [0.29, 0.717) is 37.0 Å². The summed E-state index contributed by atoms with van der Waals surface area (Å²) in [6.45, 7) is 4.22. The zero-order valence-electron chi connectivity index (χ0n) is 17.0. The lowest BCUT2D eigenvalue weighted by Crippen LogP contribution is -2.43. The van der Waals surface area contributed by atoms with Gasteiger partial charge < -0.3 is 4.74 Å². The van der Waals surface area contributed by atoms with Crippen molar-refractivity contribution in [2.45, 2.75) is 4.90 Å². The van der Waals surface area contributed by atoms with Gasteiger partial charge in [0.05, 0.1) is 28.4 Å². The highest BCUT2D eigenvalue weighted by Gasteiger charge is 2.24. The van der Waals surface area contributed by atoms with E-state index in [1.165, 1.54) is 35.6 Å². The van der Waals surface area contributed by atoms with E-state index in [-0.39, 0.29) is 11.6 Å². The molecule has 0 atom stereocenters. The Morgan fingerprint density at radius 3 is 2.68 bits per heavy atom. The molecule has 0 saturated carbocycles. The Hall–Kier alpha value is -2.53. The first-order valence-electron chi connectivity index (χ1n) is 9.87. The average Bonchev–Trinajstić information content (AvgIpc) is 3.24. The van der Waals surface area contributed by atoms with Crippen LogP contribution >= 0.6 is 23.1 Å². The molecule has 2 heterocycles. The van der Waals surface area contributed by atoms with Crippen LogP contribution in [0, 0.1) is 10.1 Å². The summed E-state index contributed by atoms with van der Waals surface area (Å²) in [7, 11) is 0. The second kappa shape index (κ2) is 9.73. The fraction of sp³-hybridized carbons (Fsp3) is 0.333. The number of rotatable bonds is 7. The molecule has 1 aliphatic heterocycles. The minimum atomic E-state index is -0.470. The Labute approximate surface area is 188 Å². The Kier molecular flexibility index (Phi) is 6.81. The molecule has 1 aliphatic rings. The number of hydrogen-bond donors (Lipinski definition) is 0. The number of carbonyl (C=O) groups is 1. The number of carbonyl (C=O) groups excluding carboxylic acids is 1. The fourth-order valence-electron chi connectivity index (χ4n) is 3.42. The summed E-state index contributed by atoms with van der Waals surface area (Å²) in [6, 6.07) is 11.7. The van der Waals surface area contributed by atoms with Crippen molar-refractivity contribution in [1.82, 2.24) is 9.88 Å². The molecule has 1 aromatic heterocycles. The minimum absolute atomic E-state index is 0.0407. The van der Waals surface area contributed by atoms with Gasteiger partial charge in [0.2, 0.25) is 0 Å². The number of nitro benzene ring substituents is 1. The molecule has 10 heteroatoms. The van der Waals surface area contributed by atoms with Gasteiger partial charge in [-0.2, -0.15) is 0 Å². The summed E-state index contributed by atoms with van der Waals surface area (Å²) in [4.78, 5) is 33.7. The van der Waals surface area contributed by atoms with Crippen LogP contribution in [0.3, 0.4) is 0 Å². The number of para-hydroxylation sites is 1. The SMILES string of the molecule is CSc1cccc2sc(N(CCN3CCOCC3)C(=O)c3ccc([N+](=O)[O-])cc3)nc12. The molecule has 31 heavy (non-hydrogen) atoms. The first-order chi connectivity index (χ1) is 15.1. The van der Waals surface area contributed by atoms with Crippen molar-refractivity contribution >= 4 is 50.0 Å².